The third-order valence-electron chi connectivity index (χ3n) is 11.1. The maximum Gasteiger partial charge on any atom is 0.236 e. The Bertz CT molecular complexity index is 3020. The summed E-state index contributed by atoms with van der Waals surface area (Å²) >= 11 is 0. The number of para-hydroxylation sites is 4. The van der Waals surface area contributed by atoms with Gasteiger partial charge >= 0.3 is 0 Å². The molecule has 0 unspecified atom stereocenters. The lowest BCUT2D eigenvalue weighted by Crippen LogP contribution is -2.09. The fourth-order valence-corrected chi connectivity index (χ4v) is 8.44. The van der Waals surface area contributed by atoms with Gasteiger partial charge in [0, 0.05) is 62.2 Å². The smallest absolute Gasteiger partial charge is 0.236 e. The molecule has 0 N–H and O–H groups in total. The Balaban J connectivity index is 1.16. The second-order valence-electron chi connectivity index (χ2n) is 14.7. The number of aromatic nitrogens is 4. The minimum atomic E-state index is 0.632. The van der Waals surface area contributed by atoms with E-state index in [-0.39, 0.29) is 0 Å². The summed E-state index contributed by atoms with van der Waals surface area (Å²) in [5.41, 5.74) is 12.6. The molecule has 3 aromatic heterocycles. The van der Waals surface area contributed by atoms with Crippen LogP contribution in [0.4, 0.5) is 34.1 Å². The summed E-state index contributed by atoms with van der Waals surface area (Å²) in [6.07, 6.45) is 2.11. The van der Waals surface area contributed by atoms with Gasteiger partial charge in [0.25, 0.3) is 0 Å². The van der Waals surface area contributed by atoms with Crippen LogP contribution in [0.25, 0.3) is 55.9 Å². The first-order valence-corrected chi connectivity index (χ1v) is 20.2. The van der Waals surface area contributed by atoms with Crippen molar-refractivity contribution in [1.82, 2.24) is 18.9 Å². The highest BCUT2D eigenvalue weighted by Crippen LogP contribution is 2.43. The van der Waals surface area contributed by atoms with Gasteiger partial charge in [-0.2, -0.15) is 4.98 Å². The van der Waals surface area contributed by atoms with E-state index in [1.165, 1.54) is 0 Å². The summed E-state index contributed by atoms with van der Waals surface area (Å²) in [5, 5.41) is 2.23. The van der Waals surface area contributed by atoms with Crippen LogP contribution in [0.1, 0.15) is 0 Å². The van der Waals surface area contributed by atoms with E-state index < -0.39 is 0 Å². The van der Waals surface area contributed by atoms with E-state index in [1.54, 1.807) is 0 Å². The van der Waals surface area contributed by atoms with Gasteiger partial charge in [0.05, 0.1) is 22.4 Å². The van der Waals surface area contributed by atoms with Crippen molar-refractivity contribution in [2.75, 3.05) is 9.80 Å². The molecule has 0 spiro atoms. The summed E-state index contributed by atoms with van der Waals surface area (Å²) in [6, 6.07) is 78.7. The van der Waals surface area contributed by atoms with E-state index in [0.29, 0.717) is 5.78 Å². The predicted octanol–water partition coefficient (Wildman–Crippen LogP) is 14.1. The molecule has 0 bridgehead atoms. The number of rotatable bonds is 9. The fraction of sp³-hybridized carbons (Fsp3) is 0. The number of hydrogen-bond donors (Lipinski definition) is 0. The molecule has 0 saturated heterocycles. The van der Waals surface area contributed by atoms with Gasteiger partial charge in [-0.15, -0.1) is 0 Å². The number of imidazole rings is 1. The lowest BCUT2D eigenvalue weighted by Gasteiger charge is -2.26. The second-order valence-corrected chi connectivity index (χ2v) is 14.7. The molecule has 284 valence electrons. The molecule has 0 saturated carbocycles. The molecular formula is C54H38N6. The van der Waals surface area contributed by atoms with Crippen molar-refractivity contribution < 1.29 is 0 Å². The maximum atomic E-state index is 5.35. The number of fused-ring (bicyclic) bond motifs is 4. The second kappa shape index (κ2) is 14.9. The molecule has 0 fully saturated rings. The van der Waals surface area contributed by atoms with Crippen molar-refractivity contribution in [3.8, 4) is 28.3 Å². The third kappa shape index (κ3) is 6.15. The van der Waals surface area contributed by atoms with Crippen LogP contribution in [-0.2, 0) is 0 Å². The molecule has 3 heterocycles. The first kappa shape index (κ1) is 35.0. The van der Waals surface area contributed by atoms with Crippen molar-refractivity contribution >= 4 is 61.7 Å². The molecule has 6 nitrogen and oxygen atoms in total. The van der Waals surface area contributed by atoms with Crippen molar-refractivity contribution in [3.63, 3.8) is 0 Å². The van der Waals surface area contributed by atoms with E-state index in [1.807, 2.05) is 12.1 Å². The summed E-state index contributed by atoms with van der Waals surface area (Å²) in [5.74, 6) is 1.42. The van der Waals surface area contributed by atoms with Gasteiger partial charge in [0.15, 0.2) is 0 Å². The molecule has 0 aliphatic carbocycles. The Hall–Kier alpha value is -8.22. The zero-order valence-electron chi connectivity index (χ0n) is 32.6. The Labute approximate surface area is 348 Å². The Morgan fingerprint density at radius 1 is 0.350 bits per heavy atom. The monoisotopic (exact) mass is 770 g/mol. The Morgan fingerprint density at radius 2 is 0.750 bits per heavy atom. The van der Waals surface area contributed by atoms with Crippen LogP contribution in [0.3, 0.4) is 0 Å². The van der Waals surface area contributed by atoms with E-state index in [0.717, 1.165) is 84.3 Å². The Kier molecular flexibility index (Phi) is 8.71. The molecule has 0 amide bonds. The third-order valence-corrected chi connectivity index (χ3v) is 11.1. The van der Waals surface area contributed by atoms with Gasteiger partial charge in [-0.3, -0.25) is 8.97 Å². The van der Waals surface area contributed by atoms with Crippen LogP contribution in [-0.4, -0.2) is 18.9 Å². The standard InChI is InChI=1S/C54H38N6/c1-7-19-39(20-8-1)52-53(40-21-9-2-10-22-40)57-36-35-51(55-54(57)56-52)60-49-33-31-45(58(41-23-11-3-12-24-41)42-25-13-4-14-26-42)37-47(49)48-38-46(32-34-50(48)60)59(43-27-15-5-16-28-43)44-29-17-6-18-30-44/h1-38H. The van der Waals surface area contributed by atoms with E-state index in [9.17, 15) is 0 Å². The molecule has 11 aromatic rings. The molecule has 0 atom stereocenters. The first-order chi connectivity index (χ1) is 29.8. The van der Waals surface area contributed by atoms with Crippen LogP contribution in [0, 0.1) is 0 Å². The molecule has 6 heteroatoms. The molecular weight excluding hydrogens is 733 g/mol. The van der Waals surface area contributed by atoms with Gasteiger partial charge in [0.2, 0.25) is 5.78 Å². The molecule has 0 aliphatic rings. The topological polar surface area (TPSA) is 41.6 Å². The highest BCUT2D eigenvalue weighted by Gasteiger charge is 2.22. The molecule has 8 aromatic carbocycles. The van der Waals surface area contributed by atoms with Crippen molar-refractivity contribution in [1.29, 1.82) is 0 Å². The van der Waals surface area contributed by atoms with Crippen LogP contribution < -0.4 is 9.80 Å². The minimum Gasteiger partial charge on any atom is -0.310 e. The molecule has 0 aliphatic heterocycles. The summed E-state index contributed by atoms with van der Waals surface area (Å²) in [6.45, 7) is 0. The van der Waals surface area contributed by atoms with Gasteiger partial charge < -0.3 is 9.80 Å². The maximum absolute atomic E-state index is 5.35. The highest BCUT2D eigenvalue weighted by molar-refractivity contribution is 6.12. The number of anilines is 6. The quantitative estimate of drug-likeness (QED) is 0.147. The molecule has 0 radical (unpaired) electrons. The normalized spacial score (nSPS) is 11.3. The lowest BCUT2D eigenvalue weighted by molar-refractivity contribution is 1.03. The van der Waals surface area contributed by atoms with Gasteiger partial charge in [-0.05, 0) is 91.0 Å². The SMILES string of the molecule is c1ccc(-c2nc3nc(-n4c5ccc(N(c6ccccc6)c6ccccc6)cc5c5cc(N(c6ccccc6)c6ccccc6)ccc54)ccn3c2-c2ccccc2)cc1. The fourth-order valence-electron chi connectivity index (χ4n) is 8.44. The molecule has 60 heavy (non-hydrogen) atoms. The number of benzene rings is 8. The van der Waals surface area contributed by atoms with Crippen molar-refractivity contribution in [2.45, 2.75) is 0 Å². The Morgan fingerprint density at radius 3 is 1.18 bits per heavy atom. The summed E-state index contributed by atoms with van der Waals surface area (Å²) in [4.78, 5) is 15.2. The lowest BCUT2D eigenvalue weighted by atomic mass is 10.1. The van der Waals surface area contributed by atoms with Crippen LogP contribution in [0.2, 0.25) is 0 Å². The zero-order valence-corrected chi connectivity index (χ0v) is 32.6. The van der Waals surface area contributed by atoms with Gasteiger partial charge in [0.1, 0.15) is 5.82 Å². The average Bonchev–Trinajstić information content (AvgIpc) is 3.87. The predicted molar refractivity (Wildman–Crippen MR) is 248 cm³/mol. The van der Waals surface area contributed by atoms with E-state index in [4.69, 9.17) is 9.97 Å². The number of nitrogens with zero attached hydrogens (tertiary/aromatic N) is 6. The van der Waals surface area contributed by atoms with Crippen LogP contribution in [0.5, 0.6) is 0 Å². The first-order valence-electron chi connectivity index (χ1n) is 20.2. The molecule has 11 rings (SSSR count). The summed E-state index contributed by atoms with van der Waals surface area (Å²) < 4.78 is 4.39. The zero-order chi connectivity index (χ0) is 39.8. The van der Waals surface area contributed by atoms with E-state index >= 15 is 0 Å². The minimum absolute atomic E-state index is 0.632. The van der Waals surface area contributed by atoms with Gasteiger partial charge in [-0.25, -0.2) is 4.98 Å². The van der Waals surface area contributed by atoms with Crippen LogP contribution >= 0.6 is 0 Å². The van der Waals surface area contributed by atoms with Crippen LogP contribution in [0.15, 0.2) is 231 Å². The van der Waals surface area contributed by atoms with E-state index in [2.05, 4.69) is 237 Å². The average molecular weight is 771 g/mol. The van der Waals surface area contributed by atoms with Crippen molar-refractivity contribution in [2.24, 2.45) is 0 Å². The highest BCUT2D eigenvalue weighted by atomic mass is 15.2. The number of hydrogen-bond acceptors (Lipinski definition) is 4. The largest absolute Gasteiger partial charge is 0.310 e. The van der Waals surface area contributed by atoms with Crippen molar-refractivity contribution in [3.05, 3.63) is 231 Å². The van der Waals surface area contributed by atoms with Gasteiger partial charge in [-0.1, -0.05) is 133 Å². The summed E-state index contributed by atoms with van der Waals surface area (Å²) in [7, 11) is 0.